The first kappa shape index (κ1) is 12.2. The summed E-state index contributed by atoms with van der Waals surface area (Å²) in [6, 6.07) is 8.08. The molecule has 1 aromatic carbocycles. The number of fused-ring (bicyclic) bond motifs is 1. The van der Waals surface area contributed by atoms with Gasteiger partial charge in [0.25, 0.3) is 0 Å². The molecule has 1 unspecified atom stereocenters. The number of hydrogen-bond acceptors (Lipinski definition) is 2. The van der Waals surface area contributed by atoms with E-state index in [9.17, 15) is 4.79 Å². The second kappa shape index (κ2) is 4.45. The number of ketones is 1. The molecule has 104 valence electrons. The predicted octanol–water partition coefficient (Wildman–Crippen LogP) is 3.13. The van der Waals surface area contributed by atoms with Gasteiger partial charge in [0.2, 0.25) is 0 Å². The normalized spacial score (nSPS) is 26.2. The highest BCUT2D eigenvalue weighted by molar-refractivity contribution is 6.03. The van der Waals surface area contributed by atoms with Gasteiger partial charge in [0.1, 0.15) is 0 Å². The minimum atomic E-state index is -0.148. The number of carbonyl (C=O) groups excluding carboxylic acids is 1. The molecule has 0 bridgehead atoms. The molecule has 1 aliphatic carbocycles. The summed E-state index contributed by atoms with van der Waals surface area (Å²) in [6.45, 7) is 1.83. The Kier molecular flexibility index (Phi) is 2.71. The van der Waals surface area contributed by atoms with E-state index in [0.717, 1.165) is 48.3 Å². The molecular weight excluding hydrogens is 248 g/mol. The van der Waals surface area contributed by atoms with Crippen molar-refractivity contribution in [3.05, 3.63) is 36.0 Å². The van der Waals surface area contributed by atoms with E-state index >= 15 is 0 Å². The maximum absolute atomic E-state index is 13.0. The zero-order valence-electron chi connectivity index (χ0n) is 11.6. The van der Waals surface area contributed by atoms with Crippen molar-refractivity contribution in [1.82, 2.24) is 10.3 Å². The number of aromatic nitrogens is 1. The lowest BCUT2D eigenvalue weighted by Crippen LogP contribution is -2.34. The molecule has 1 aliphatic heterocycles. The largest absolute Gasteiger partial charge is 0.361 e. The molecule has 1 aromatic heterocycles. The van der Waals surface area contributed by atoms with Crippen molar-refractivity contribution in [2.75, 3.05) is 13.1 Å². The van der Waals surface area contributed by atoms with E-state index in [0.29, 0.717) is 5.78 Å². The van der Waals surface area contributed by atoms with Gasteiger partial charge in [-0.1, -0.05) is 12.8 Å². The monoisotopic (exact) mass is 268 g/mol. The summed E-state index contributed by atoms with van der Waals surface area (Å²) >= 11 is 0. The lowest BCUT2D eigenvalue weighted by atomic mass is 9.75. The maximum atomic E-state index is 13.0. The summed E-state index contributed by atoms with van der Waals surface area (Å²) in [5.74, 6) is 1.13. The molecule has 2 fully saturated rings. The Morgan fingerprint density at radius 3 is 2.95 bits per heavy atom. The van der Waals surface area contributed by atoms with Gasteiger partial charge in [0.05, 0.1) is 0 Å². The molecule has 1 saturated heterocycles. The van der Waals surface area contributed by atoms with Crippen LogP contribution in [-0.2, 0) is 0 Å². The zero-order chi connectivity index (χ0) is 13.6. The fourth-order valence-electron chi connectivity index (χ4n) is 3.58. The SMILES string of the molecule is O=C(c1ccc2[nH]ccc2c1)C1(CC2CC2)CCNC1. The third kappa shape index (κ3) is 1.97. The lowest BCUT2D eigenvalue weighted by Gasteiger charge is -2.26. The minimum Gasteiger partial charge on any atom is -0.361 e. The van der Waals surface area contributed by atoms with E-state index in [4.69, 9.17) is 0 Å². The van der Waals surface area contributed by atoms with Gasteiger partial charge >= 0.3 is 0 Å². The molecule has 0 spiro atoms. The van der Waals surface area contributed by atoms with E-state index in [1.54, 1.807) is 0 Å². The molecule has 1 atom stereocenters. The average Bonchev–Trinajstić information content (AvgIpc) is 2.97. The van der Waals surface area contributed by atoms with Crippen LogP contribution in [0.5, 0.6) is 0 Å². The fourth-order valence-corrected chi connectivity index (χ4v) is 3.58. The van der Waals surface area contributed by atoms with Crippen LogP contribution >= 0.6 is 0 Å². The van der Waals surface area contributed by atoms with Crippen molar-refractivity contribution in [2.24, 2.45) is 11.3 Å². The predicted molar refractivity (Wildman–Crippen MR) is 79.9 cm³/mol. The summed E-state index contributed by atoms with van der Waals surface area (Å²) in [7, 11) is 0. The molecule has 3 nitrogen and oxygen atoms in total. The number of aromatic amines is 1. The first-order chi connectivity index (χ1) is 9.77. The number of nitrogens with one attached hydrogen (secondary N) is 2. The van der Waals surface area contributed by atoms with Gasteiger partial charge in [-0.25, -0.2) is 0 Å². The van der Waals surface area contributed by atoms with Gasteiger partial charge in [-0.3, -0.25) is 4.79 Å². The molecule has 1 saturated carbocycles. The molecule has 0 radical (unpaired) electrons. The molecular formula is C17H20N2O. The van der Waals surface area contributed by atoms with Crippen molar-refractivity contribution in [3.63, 3.8) is 0 Å². The fraction of sp³-hybridized carbons (Fsp3) is 0.471. The number of hydrogen-bond donors (Lipinski definition) is 2. The van der Waals surface area contributed by atoms with Crippen molar-refractivity contribution in [1.29, 1.82) is 0 Å². The lowest BCUT2D eigenvalue weighted by molar-refractivity contribution is 0.0794. The first-order valence-corrected chi connectivity index (χ1v) is 7.60. The number of Topliss-reactive ketones (excluding diaryl/α,β-unsaturated/α-hetero) is 1. The Hall–Kier alpha value is -1.61. The van der Waals surface area contributed by atoms with E-state index < -0.39 is 0 Å². The summed E-state index contributed by atoms with van der Waals surface area (Å²) < 4.78 is 0. The van der Waals surface area contributed by atoms with Gasteiger partial charge in [0, 0.05) is 34.6 Å². The maximum Gasteiger partial charge on any atom is 0.170 e. The summed E-state index contributed by atoms with van der Waals surface area (Å²) in [5, 5.41) is 4.53. The van der Waals surface area contributed by atoms with Crippen molar-refractivity contribution < 1.29 is 4.79 Å². The van der Waals surface area contributed by atoms with Crippen molar-refractivity contribution in [3.8, 4) is 0 Å². The van der Waals surface area contributed by atoms with Gasteiger partial charge in [-0.05, 0) is 49.6 Å². The molecule has 2 heterocycles. The van der Waals surface area contributed by atoms with Crippen LogP contribution in [0.25, 0.3) is 10.9 Å². The van der Waals surface area contributed by atoms with E-state index in [2.05, 4.69) is 10.3 Å². The highest BCUT2D eigenvalue weighted by Crippen LogP contribution is 2.45. The van der Waals surface area contributed by atoms with Crippen LogP contribution in [0.1, 0.15) is 36.0 Å². The Balaban J connectivity index is 1.69. The van der Waals surface area contributed by atoms with Crippen molar-refractivity contribution >= 4 is 16.7 Å². The number of H-pyrrole nitrogens is 1. The smallest absolute Gasteiger partial charge is 0.170 e. The summed E-state index contributed by atoms with van der Waals surface area (Å²) in [4.78, 5) is 16.2. The third-order valence-electron chi connectivity index (χ3n) is 4.92. The Bertz CT molecular complexity index is 648. The highest BCUT2D eigenvalue weighted by Gasteiger charge is 2.45. The third-order valence-corrected chi connectivity index (χ3v) is 4.92. The molecule has 0 amide bonds. The van der Waals surface area contributed by atoms with Crippen LogP contribution in [0.15, 0.2) is 30.5 Å². The molecule has 2 aromatic rings. The first-order valence-electron chi connectivity index (χ1n) is 7.60. The Labute approximate surface area is 118 Å². The van der Waals surface area contributed by atoms with Crippen LogP contribution in [0.4, 0.5) is 0 Å². The van der Waals surface area contributed by atoms with Crippen molar-refractivity contribution in [2.45, 2.75) is 25.7 Å². The quantitative estimate of drug-likeness (QED) is 0.837. The van der Waals surface area contributed by atoms with Crippen LogP contribution in [0, 0.1) is 11.3 Å². The van der Waals surface area contributed by atoms with Gasteiger partial charge in [-0.15, -0.1) is 0 Å². The standard InChI is InChI=1S/C17H20N2O/c20-16(14-3-4-15-13(9-14)5-7-19-15)17(6-8-18-11-17)10-12-1-2-12/h3-5,7,9,12,18-19H,1-2,6,8,10-11H2. The summed E-state index contributed by atoms with van der Waals surface area (Å²) in [6.07, 6.45) is 6.62. The van der Waals surface area contributed by atoms with Gasteiger partial charge in [0.15, 0.2) is 5.78 Å². The van der Waals surface area contributed by atoms with E-state index in [1.165, 1.54) is 12.8 Å². The van der Waals surface area contributed by atoms with Crippen LogP contribution in [0.2, 0.25) is 0 Å². The second-order valence-electron chi connectivity index (χ2n) is 6.46. The topological polar surface area (TPSA) is 44.9 Å². The number of rotatable bonds is 4. The number of benzene rings is 1. The van der Waals surface area contributed by atoms with Gasteiger partial charge in [-0.2, -0.15) is 0 Å². The van der Waals surface area contributed by atoms with Crippen LogP contribution < -0.4 is 5.32 Å². The highest BCUT2D eigenvalue weighted by atomic mass is 16.1. The van der Waals surface area contributed by atoms with Crippen LogP contribution in [-0.4, -0.2) is 23.9 Å². The Morgan fingerprint density at radius 1 is 1.30 bits per heavy atom. The van der Waals surface area contributed by atoms with Crippen LogP contribution in [0.3, 0.4) is 0 Å². The molecule has 2 N–H and O–H groups in total. The molecule has 2 aliphatic rings. The van der Waals surface area contributed by atoms with E-state index in [1.807, 2.05) is 30.5 Å². The molecule has 3 heteroatoms. The zero-order valence-corrected chi connectivity index (χ0v) is 11.6. The Morgan fingerprint density at radius 2 is 2.20 bits per heavy atom. The molecule has 20 heavy (non-hydrogen) atoms. The summed E-state index contributed by atoms with van der Waals surface area (Å²) in [5.41, 5.74) is 1.83. The minimum absolute atomic E-state index is 0.148. The molecule has 4 rings (SSSR count). The van der Waals surface area contributed by atoms with Gasteiger partial charge < -0.3 is 10.3 Å². The number of carbonyl (C=O) groups is 1. The second-order valence-corrected chi connectivity index (χ2v) is 6.46. The average molecular weight is 268 g/mol. The van der Waals surface area contributed by atoms with E-state index in [-0.39, 0.29) is 5.41 Å².